The van der Waals surface area contributed by atoms with E-state index in [9.17, 15) is 0 Å². The van der Waals surface area contributed by atoms with Crippen LogP contribution in [0.4, 0.5) is 0 Å². The fourth-order valence-electron chi connectivity index (χ4n) is 3.76. The molecule has 0 amide bonds. The maximum atomic E-state index is 6.49. The molecular weight excluding hydrogens is 362 g/mol. The van der Waals surface area contributed by atoms with E-state index in [0.717, 1.165) is 25.3 Å². The lowest BCUT2D eigenvalue weighted by Gasteiger charge is -2.30. The second-order valence-corrected chi connectivity index (χ2v) is 8.18. The summed E-state index contributed by atoms with van der Waals surface area (Å²) >= 11 is 3.75. The van der Waals surface area contributed by atoms with Crippen LogP contribution in [0, 0.1) is 20.8 Å². The van der Waals surface area contributed by atoms with E-state index in [1.54, 1.807) is 0 Å². The van der Waals surface area contributed by atoms with Crippen LogP contribution in [0.25, 0.3) is 0 Å². The predicted molar refractivity (Wildman–Crippen MR) is 104 cm³/mol. The Morgan fingerprint density at radius 2 is 1.75 bits per heavy atom. The van der Waals surface area contributed by atoms with Crippen molar-refractivity contribution >= 4 is 15.9 Å². The summed E-state index contributed by atoms with van der Waals surface area (Å²) in [5.41, 5.74) is 6.40. The largest absolute Gasteiger partial charge is 0.485 e. The molecule has 0 saturated heterocycles. The van der Waals surface area contributed by atoms with Gasteiger partial charge in [-0.3, -0.25) is 4.90 Å². The molecule has 2 nitrogen and oxygen atoms in total. The second-order valence-electron chi connectivity index (χ2n) is 7.38. The van der Waals surface area contributed by atoms with Gasteiger partial charge in [0.05, 0.1) is 0 Å². The summed E-state index contributed by atoms with van der Waals surface area (Å²) in [7, 11) is 2.17. The molecule has 1 aliphatic rings. The molecule has 128 valence electrons. The van der Waals surface area contributed by atoms with Crippen molar-refractivity contribution in [3.8, 4) is 5.75 Å². The Labute approximate surface area is 154 Å². The van der Waals surface area contributed by atoms with Crippen molar-refractivity contribution in [1.82, 2.24) is 4.90 Å². The highest BCUT2D eigenvalue weighted by Crippen LogP contribution is 2.44. The molecule has 0 fully saturated rings. The van der Waals surface area contributed by atoms with Gasteiger partial charge < -0.3 is 4.74 Å². The van der Waals surface area contributed by atoms with Crippen molar-refractivity contribution in [3.05, 3.63) is 62.6 Å². The van der Waals surface area contributed by atoms with E-state index in [4.69, 9.17) is 4.74 Å². The average Bonchev–Trinajstić information content (AvgIpc) is 2.89. The minimum atomic E-state index is -0.172. The lowest BCUT2D eigenvalue weighted by molar-refractivity contribution is 0.0704. The van der Waals surface area contributed by atoms with E-state index in [1.807, 2.05) is 0 Å². The molecule has 0 spiro atoms. The first-order chi connectivity index (χ1) is 11.3. The molecule has 2 aromatic carbocycles. The molecule has 1 aliphatic heterocycles. The molecule has 3 heteroatoms. The Hall–Kier alpha value is -1.32. The Kier molecular flexibility index (Phi) is 4.76. The number of likely N-dealkylation sites (N-methyl/N-ethyl adjacent to an activating group) is 1. The molecule has 2 aromatic rings. The van der Waals surface area contributed by atoms with Crippen LogP contribution in [0.5, 0.6) is 5.75 Å². The molecule has 24 heavy (non-hydrogen) atoms. The summed E-state index contributed by atoms with van der Waals surface area (Å²) in [6.45, 7) is 10.6. The first kappa shape index (κ1) is 17.5. The van der Waals surface area contributed by atoms with Crippen LogP contribution in [0.15, 0.2) is 34.8 Å². The quantitative estimate of drug-likeness (QED) is 0.714. The molecule has 3 rings (SSSR count). The average molecular weight is 388 g/mol. The zero-order chi connectivity index (χ0) is 17.5. The van der Waals surface area contributed by atoms with Gasteiger partial charge >= 0.3 is 0 Å². The van der Waals surface area contributed by atoms with Gasteiger partial charge in [-0.1, -0.05) is 46.3 Å². The zero-order valence-corrected chi connectivity index (χ0v) is 16.8. The van der Waals surface area contributed by atoms with E-state index < -0.39 is 0 Å². The van der Waals surface area contributed by atoms with Gasteiger partial charge in [-0.15, -0.1) is 0 Å². The lowest BCUT2D eigenvalue weighted by atomic mass is 9.93. The molecule has 0 saturated carbocycles. The molecule has 0 aliphatic carbocycles. The minimum absolute atomic E-state index is 0.172. The molecule has 1 atom stereocenters. The van der Waals surface area contributed by atoms with Gasteiger partial charge in [-0.2, -0.15) is 0 Å². The Morgan fingerprint density at radius 3 is 2.42 bits per heavy atom. The summed E-state index contributed by atoms with van der Waals surface area (Å²) in [6, 6.07) is 10.6. The fourth-order valence-corrected chi connectivity index (χ4v) is 4.30. The first-order valence-corrected chi connectivity index (χ1v) is 9.29. The lowest BCUT2D eigenvalue weighted by Crippen LogP contribution is -2.42. The molecule has 1 heterocycles. The fraction of sp³-hybridized carbons (Fsp3) is 0.429. The van der Waals surface area contributed by atoms with Gasteiger partial charge in [0, 0.05) is 29.5 Å². The summed E-state index contributed by atoms with van der Waals surface area (Å²) in [4.78, 5) is 2.35. The number of hydrogen-bond donors (Lipinski definition) is 0. The number of hydrogen-bond acceptors (Lipinski definition) is 2. The third-order valence-electron chi connectivity index (χ3n) is 5.09. The molecule has 1 unspecified atom stereocenters. The molecule has 0 radical (unpaired) electrons. The first-order valence-electron chi connectivity index (χ1n) is 8.50. The van der Waals surface area contributed by atoms with Crippen molar-refractivity contribution in [1.29, 1.82) is 0 Å². The number of fused-ring (bicyclic) bond motifs is 1. The summed E-state index contributed by atoms with van der Waals surface area (Å²) < 4.78 is 7.71. The van der Waals surface area contributed by atoms with E-state index in [2.05, 4.69) is 85.9 Å². The zero-order valence-electron chi connectivity index (χ0n) is 15.2. The van der Waals surface area contributed by atoms with E-state index in [1.165, 1.54) is 32.3 Å². The van der Waals surface area contributed by atoms with Crippen LogP contribution in [0.1, 0.15) is 34.7 Å². The highest BCUT2D eigenvalue weighted by atomic mass is 79.9. The monoisotopic (exact) mass is 387 g/mol. The van der Waals surface area contributed by atoms with Gasteiger partial charge in [-0.25, -0.2) is 0 Å². The summed E-state index contributed by atoms with van der Waals surface area (Å²) in [5, 5.41) is 0. The Morgan fingerprint density at radius 1 is 1.08 bits per heavy atom. The van der Waals surface area contributed by atoms with E-state index in [-0.39, 0.29) is 5.60 Å². The normalized spacial score (nSPS) is 19.5. The van der Waals surface area contributed by atoms with Crippen LogP contribution in [-0.2, 0) is 13.0 Å². The predicted octanol–water partition coefficient (Wildman–Crippen LogP) is 5.20. The summed E-state index contributed by atoms with van der Waals surface area (Å²) in [5.74, 6) is 1.10. The maximum absolute atomic E-state index is 6.49. The number of halogens is 1. The standard InChI is InChI=1S/C21H26BrNO/c1-14-15(2)20-18(16(3)19(14)22)11-21(4,24-20)13-23(5)12-17-9-7-6-8-10-17/h6-10H,11-13H2,1-5H3. The summed E-state index contributed by atoms with van der Waals surface area (Å²) in [6.07, 6.45) is 0.965. The van der Waals surface area contributed by atoms with Crippen molar-refractivity contribution in [3.63, 3.8) is 0 Å². The van der Waals surface area contributed by atoms with Crippen LogP contribution >= 0.6 is 15.9 Å². The highest BCUT2D eigenvalue weighted by molar-refractivity contribution is 9.10. The number of rotatable bonds is 4. The highest BCUT2D eigenvalue weighted by Gasteiger charge is 2.38. The van der Waals surface area contributed by atoms with Gasteiger partial charge in [0.15, 0.2) is 0 Å². The van der Waals surface area contributed by atoms with Gasteiger partial charge in [0.1, 0.15) is 11.4 Å². The molecule has 0 aromatic heterocycles. The van der Waals surface area contributed by atoms with Crippen molar-refractivity contribution in [2.24, 2.45) is 0 Å². The molecule has 0 N–H and O–H groups in total. The van der Waals surface area contributed by atoms with Crippen LogP contribution < -0.4 is 4.74 Å². The van der Waals surface area contributed by atoms with E-state index in [0.29, 0.717) is 0 Å². The minimum Gasteiger partial charge on any atom is -0.485 e. The van der Waals surface area contributed by atoms with Crippen LogP contribution in [0.3, 0.4) is 0 Å². The molecular formula is C21H26BrNO. The third-order valence-corrected chi connectivity index (χ3v) is 6.28. The Bertz CT molecular complexity index is 717. The van der Waals surface area contributed by atoms with Crippen molar-refractivity contribution in [2.45, 2.75) is 46.3 Å². The Balaban J connectivity index is 1.78. The smallest absolute Gasteiger partial charge is 0.127 e. The van der Waals surface area contributed by atoms with Crippen LogP contribution in [-0.4, -0.2) is 24.1 Å². The van der Waals surface area contributed by atoms with E-state index >= 15 is 0 Å². The van der Waals surface area contributed by atoms with Gasteiger partial charge in [0.2, 0.25) is 0 Å². The maximum Gasteiger partial charge on any atom is 0.127 e. The number of nitrogens with zero attached hydrogens (tertiary/aromatic N) is 1. The topological polar surface area (TPSA) is 12.5 Å². The number of benzene rings is 2. The SMILES string of the molecule is Cc1c(C)c2c(c(C)c1Br)CC(C)(CN(C)Cc1ccccc1)O2. The van der Waals surface area contributed by atoms with Gasteiger partial charge in [0.25, 0.3) is 0 Å². The second kappa shape index (κ2) is 6.53. The van der Waals surface area contributed by atoms with Crippen molar-refractivity contribution in [2.75, 3.05) is 13.6 Å². The van der Waals surface area contributed by atoms with Crippen molar-refractivity contribution < 1.29 is 4.74 Å². The molecule has 0 bridgehead atoms. The van der Waals surface area contributed by atoms with Crippen LogP contribution in [0.2, 0.25) is 0 Å². The van der Waals surface area contributed by atoms with Gasteiger partial charge in [-0.05, 0) is 57.0 Å². The number of ether oxygens (including phenoxy) is 1. The third kappa shape index (κ3) is 3.25.